The Kier molecular flexibility index (Phi) is 5.41. The summed E-state index contributed by atoms with van der Waals surface area (Å²) < 4.78 is 6.18. The first-order valence-corrected chi connectivity index (χ1v) is 7.64. The molecule has 1 aromatic carbocycles. The van der Waals surface area contributed by atoms with Crippen LogP contribution in [0, 0.1) is 12.8 Å². The minimum atomic E-state index is 0.0474. The van der Waals surface area contributed by atoms with Crippen LogP contribution in [0.4, 0.5) is 0 Å². The highest BCUT2D eigenvalue weighted by molar-refractivity contribution is 5.24. The maximum Gasteiger partial charge on any atom is 0.0975 e. The van der Waals surface area contributed by atoms with Crippen molar-refractivity contribution >= 4 is 0 Å². The van der Waals surface area contributed by atoms with Gasteiger partial charge in [-0.3, -0.25) is 0 Å². The molecule has 1 aliphatic carbocycles. The van der Waals surface area contributed by atoms with Crippen molar-refractivity contribution in [1.29, 1.82) is 0 Å². The Hall–Kier alpha value is -0.860. The van der Waals surface area contributed by atoms with E-state index in [9.17, 15) is 0 Å². The van der Waals surface area contributed by atoms with E-state index in [1.54, 1.807) is 0 Å². The molecule has 2 N–H and O–H groups in total. The molecule has 106 valence electrons. The molecule has 2 nitrogen and oxygen atoms in total. The van der Waals surface area contributed by atoms with Crippen LogP contribution in [-0.4, -0.2) is 12.6 Å². The Bertz CT molecular complexity index is 367. The van der Waals surface area contributed by atoms with E-state index < -0.39 is 0 Å². The zero-order chi connectivity index (χ0) is 13.7. The molecule has 2 unspecified atom stereocenters. The highest BCUT2D eigenvalue weighted by Crippen LogP contribution is 2.29. The average molecular weight is 261 g/mol. The standard InChI is InChI=1S/C17H27NO/c1-3-16(18)17(15-10-8-13(2)9-11-15)19-12-14-6-4-5-7-14/h8-11,14,16-17H,3-7,12,18H2,1-2H3. The third kappa shape index (κ3) is 4.05. The third-order valence-corrected chi connectivity index (χ3v) is 4.25. The summed E-state index contributed by atoms with van der Waals surface area (Å²) >= 11 is 0. The number of ether oxygens (including phenoxy) is 1. The number of hydrogen-bond donors (Lipinski definition) is 1. The van der Waals surface area contributed by atoms with Gasteiger partial charge in [0.2, 0.25) is 0 Å². The fourth-order valence-electron chi connectivity index (χ4n) is 2.85. The van der Waals surface area contributed by atoms with Crippen LogP contribution in [0.5, 0.6) is 0 Å². The van der Waals surface area contributed by atoms with Crippen LogP contribution in [0.2, 0.25) is 0 Å². The quantitative estimate of drug-likeness (QED) is 0.840. The molecule has 19 heavy (non-hydrogen) atoms. The molecular formula is C17H27NO. The summed E-state index contributed by atoms with van der Waals surface area (Å²) in [7, 11) is 0. The highest BCUT2D eigenvalue weighted by Gasteiger charge is 2.22. The molecule has 0 aromatic heterocycles. The molecule has 2 atom stereocenters. The summed E-state index contributed by atoms with van der Waals surface area (Å²) in [6.07, 6.45) is 6.37. The molecule has 0 saturated heterocycles. The van der Waals surface area contributed by atoms with E-state index >= 15 is 0 Å². The van der Waals surface area contributed by atoms with Crippen molar-refractivity contribution in [2.24, 2.45) is 11.7 Å². The van der Waals surface area contributed by atoms with Gasteiger partial charge in [0.25, 0.3) is 0 Å². The summed E-state index contributed by atoms with van der Waals surface area (Å²) in [6.45, 7) is 5.11. The molecule has 0 heterocycles. The molecule has 1 aromatic rings. The van der Waals surface area contributed by atoms with Crippen LogP contribution in [0.1, 0.15) is 56.3 Å². The Morgan fingerprint density at radius 3 is 2.42 bits per heavy atom. The molecule has 1 saturated carbocycles. The van der Waals surface area contributed by atoms with Crippen molar-refractivity contribution in [3.8, 4) is 0 Å². The lowest BCUT2D eigenvalue weighted by Crippen LogP contribution is -2.30. The summed E-state index contributed by atoms with van der Waals surface area (Å²) in [5, 5.41) is 0. The van der Waals surface area contributed by atoms with Gasteiger partial charge in [-0.05, 0) is 37.7 Å². The smallest absolute Gasteiger partial charge is 0.0975 e. The molecule has 0 radical (unpaired) electrons. The van der Waals surface area contributed by atoms with Crippen LogP contribution in [-0.2, 0) is 4.74 Å². The Labute approximate surface area is 117 Å². The monoisotopic (exact) mass is 261 g/mol. The van der Waals surface area contributed by atoms with E-state index in [0.29, 0.717) is 0 Å². The van der Waals surface area contributed by atoms with Gasteiger partial charge in [0.1, 0.15) is 0 Å². The Balaban J connectivity index is 2.00. The predicted molar refractivity (Wildman–Crippen MR) is 80.1 cm³/mol. The van der Waals surface area contributed by atoms with E-state index in [0.717, 1.165) is 18.9 Å². The van der Waals surface area contributed by atoms with Gasteiger partial charge in [0.15, 0.2) is 0 Å². The summed E-state index contributed by atoms with van der Waals surface area (Å²) in [6, 6.07) is 8.69. The van der Waals surface area contributed by atoms with Crippen molar-refractivity contribution in [3.63, 3.8) is 0 Å². The number of nitrogens with two attached hydrogens (primary N) is 1. The van der Waals surface area contributed by atoms with E-state index in [4.69, 9.17) is 10.5 Å². The van der Waals surface area contributed by atoms with Crippen molar-refractivity contribution in [2.45, 2.75) is 58.1 Å². The fraction of sp³-hybridized carbons (Fsp3) is 0.647. The number of aryl methyl sites for hydroxylation is 1. The second-order valence-electron chi connectivity index (χ2n) is 5.89. The molecule has 1 aliphatic rings. The Morgan fingerprint density at radius 2 is 1.84 bits per heavy atom. The van der Waals surface area contributed by atoms with Crippen LogP contribution in [0.15, 0.2) is 24.3 Å². The van der Waals surface area contributed by atoms with Gasteiger partial charge in [0, 0.05) is 6.04 Å². The molecule has 2 rings (SSSR count). The fourth-order valence-corrected chi connectivity index (χ4v) is 2.85. The van der Waals surface area contributed by atoms with Gasteiger partial charge in [-0.25, -0.2) is 0 Å². The lowest BCUT2D eigenvalue weighted by Gasteiger charge is -2.25. The zero-order valence-corrected chi connectivity index (χ0v) is 12.3. The van der Waals surface area contributed by atoms with Crippen molar-refractivity contribution in [2.75, 3.05) is 6.61 Å². The second kappa shape index (κ2) is 7.06. The molecule has 0 aliphatic heterocycles. The van der Waals surface area contributed by atoms with E-state index in [-0.39, 0.29) is 12.1 Å². The molecule has 0 spiro atoms. The van der Waals surface area contributed by atoms with Crippen molar-refractivity contribution in [3.05, 3.63) is 35.4 Å². The lowest BCUT2D eigenvalue weighted by molar-refractivity contribution is 0.0127. The Morgan fingerprint density at radius 1 is 1.21 bits per heavy atom. The minimum absolute atomic E-state index is 0.0474. The van der Waals surface area contributed by atoms with Crippen molar-refractivity contribution in [1.82, 2.24) is 0 Å². The van der Waals surface area contributed by atoms with Crippen LogP contribution in [0.25, 0.3) is 0 Å². The highest BCUT2D eigenvalue weighted by atomic mass is 16.5. The van der Waals surface area contributed by atoms with E-state index in [1.165, 1.54) is 36.8 Å². The summed E-state index contributed by atoms with van der Waals surface area (Å²) in [5.41, 5.74) is 8.75. The largest absolute Gasteiger partial charge is 0.372 e. The summed E-state index contributed by atoms with van der Waals surface area (Å²) in [5.74, 6) is 0.747. The first-order valence-electron chi connectivity index (χ1n) is 7.64. The topological polar surface area (TPSA) is 35.2 Å². The maximum atomic E-state index is 6.25. The predicted octanol–water partition coefficient (Wildman–Crippen LogP) is 3.98. The van der Waals surface area contributed by atoms with Gasteiger partial charge < -0.3 is 10.5 Å². The number of benzene rings is 1. The van der Waals surface area contributed by atoms with Gasteiger partial charge in [0.05, 0.1) is 12.7 Å². The average Bonchev–Trinajstić information content (AvgIpc) is 2.93. The third-order valence-electron chi connectivity index (χ3n) is 4.25. The molecule has 1 fully saturated rings. The van der Waals surface area contributed by atoms with Crippen LogP contribution >= 0.6 is 0 Å². The SMILES string of the molecule is CCC(N)C(OCC1CCCC1)c1ccc(C)cc1. The summed E-state index contributed by atoms with van der Waals surface area (Å²) in [4.78, 5) is 0. The lowest BCUT2D eigenvalue weighted by atomic mass is 9.99. The molecule has 0 amide bonds. The number of hydrogen-bond acceptors (Lipinski definition) is 2. The molecular weight excluding hydrogens is 234 g/mol. The molecule has 0 bridgehead atoms. The second-order valence-corrected chi connectivity index (χ2v) is 5.89. The van der Waals surface area contributed by atoms with E-state index in [2.05, 4.69) is 38.1 Å². The van der Waals surface area contributed by atoms with Gasteiger partial charge in [-0.2, -0.15) is 0 Å². The molecule has 2 heteroatoms. The van der Waals surface area contributed by atoms with Gasteiger partial charge >= 0.3 is 0 Å². The van der Waals surface area contributed by atoms with Crippen molar-refractivity contribution < 1.29 is 4.74 Å². The van der Waals surface area contributed by atoms with E-state index in [1.807, 2.05) is 0 Å². The number of rotatable bonds is 6. The van der Waals surface area contributed by atoms with Crippen LogP contribution in [0.3, 0.4) is 0 Å². The maximum absolute atomic E-state index is 6.25. The first kappa shape index (κ1) is 14.5. The van der Waals surface area contributed by atoms with Gasteiger partial charge in [-0.1, -0.05) is 49.6 Å². The first-order chi connectivity index (χ1) is 9.20. The zero-order valence-electron chi connectivity index (χ0n) is 12.3. The normalized spacial score (nSPS) is 19.5. The minimum Gasteiger partial charge on any atom is -0.372 e. The van der Waals surface area contributed by atoms with Crippen LogP contribution < -0.4 is 5.73 Å². The van der Waals surface area contributed by atoms with Gasteiger partial charge in [-0.15, -0.1) is 0 Å².